The van der Waals surface area contributed by atoms with E-state index in [9.17, 15) is 34.5 Å². The molecule has 2 saturated carbocycles. The fraction of sp³-hybridized carbons (Fsp3) is 0.577. The highest BCUT2D eigenvalue weighted by atomic mass is 16.3. The molecule has 5 N–H and O–H groups in total. The third-order valence-corrected chi connectivity index (χ3v) is 8.17. The molecule has 0 aromatic heterocycles. The smallest absolute Gasteiger partial charge is 0.235 e. The molecule has 8 atom stereocenters. The maximum atomic E-state index is 13.9. The number of aliphatic imine (C=N–C) groups is 1. The highest BCUT2D eigenvalue weighted by molar-refractivity contribution is 6.33. The second-order valence-electron chi connectivity index (χ2n) is 10.4. The molecule has 0 bridgehead atoms. The highest BCUT2D eigenvalue weighted by Gasteiger charge is 2.71. The summed E-state index contributed by atoms with van der Waals surface area (Å²) in [4.78, 5) is 59.2. The van der Waals surface area contributed by atoms with Crippen LogP contribution in [0.2, 0.25) is 0 Å². The zero-order valence-corrected chi connectivity index (χ0v) is 20.8. The molecule has 1 aromatic rings. The van der Waals surface area contributed by atoms with Gasteiger partial charge in [-0.3, -0.25) is 29.1 Å². The van der Waals surface area contributed by atoms with Crippen LogP contribution in [-0.4, -0.2) is 87.6 Å². The number of ketones is 3. The summed E-state index contributed by atoms with van der Waals surface area (Å²) in [7, 11) is 3.10. The van der Waals surface area contributed by atoms with Gasteiger partial charge in [0.25, 0.3) is 0 Å². The van der Waals surface area contributed by atoms with Crippen molar-refractivity contribution in [1.82, 2.24) is 4.90 Å². The Kier molecular flexibility index (Phi) is 6.65. The van der Waals surface area contributed by atoms with Crippen LogP contribution in [0.25, 0.3) is 0 Å². The molecule has 0 radical (unpaired) electrons. The third-order valence-electron chi connectivity index (χ3n) is 8.17. The first kappa shape index (κ1) is 26.1. The first-order valence-corrected chi connectivity index (χ1v) is 12.3. The van der Waals surface area contributed by atoms with Crippen molar-refractivity contribution in [1.29, 1.82) is 0 Å². The summed E-state index contributed by atoms with van der Waals surface area (Å²) < 4.78 is 0. The summed E-state index contributed by atoms with van der Waals surface area (Å²) in [6.07, 6.45) is -0.132. The standard InChI is InChI=1S/C26H33N3O7/c1-5-6-10-28-23-16-14(11(2)12-8-7-9-13(30)15(12)20(16)31)21(32)18-19(29(3)4)22(33)17(25(27)35)24(34)26(18,23)36/h7-9,11,14,16-19,21,30,32,36H,5-6,10H2,1-4H3,(H2,27,35)/t11-,14?,16?,17?,18?,19-,21-,26-/m0/s1. The van der Waals surface area contributed by atoms with Gasteiger partial charge in [-0.05, 0) is 38.1 Å². The molecule has 1 amide bonds. The number of unbranched alkanes of at least 4 members (excludes halogenated alkanes) is 1. The monoisotopic (exact) mass is 499 g/mol. The van der Waals surface area contributed by atoms with Crippen molar-refractivity contribution < 1.29 is 34.5 Å². The summed E-state index contributed by atoms with van der Waals surface area (Å²) in [5.74, 6) is -9.86. The van der Waals surface area contributed by atoms with Crippen molar-refractivity contribution in [3.05, 3.63) is 29.3 Å². The number of primary amides is 1. The van der Waals surface area contributed by atoms with Gasteiger partial charge in [0, 0.05) is 18.4 Å². The van der Waals surface area contributed by atoms with Gasteiger partial charge in [-0.1, -0.05) is 32.4 Å². The number of fused-ring (bicyclic) bond motifs is 3. The normalized spacial score (nSPS) is 37.0. The van der Waals surface area contributed by atoms with Gasteiger partial charge in [-0.25, -0.2) is 0 Å². The van der Waals surface area contributed by atoms with Crippen molar-refractivity contribution >= 4 is 29.0 Å². The molecule has 4 unspecified atom stereocenters. The Morgan fingerprint density at radius 2 is 1.89 bits per heavy atom. The number of hydrogen-bond donors (Lipinski definition) is 4. The van der Waals surface area contributed by atoms with Gasteiger partial charge in [0.15, 0.2) is 28.9 Å². The molecule has 3 aliphatic rings. The largest absolute Gasteiger partial charge is 0.507 e. The first-order valence-electron chi connectivity index (χ1n) is 12.3. The number of amides is 1. The Morgan fingerprint density at radius 1 is 1.22 bits per heavy atom. The van der Waals surface area contributed by atoms with Gasteiger partial charge < -0.3 is 21.1 Å². The number of Topliss-reactive ketones (excluding diaryl/α,β-unsaturated/α-hetero) is 3. The van der Waals surface area contributed by atoms with Crippen LogP contribution in [0, 0.1) is 23.7 Å². The Morgan fingerprint density at radius 3 is 2.47 bits per heavy atom. The topological polar surface area (TPSA) is 171 Å². The van der Waals surface area contributed by atoms with Crippen LogP contribution in [0.5, 0.6) is 5.75 Å². The zero-order chi connectivity index (χ0) is 26.7. The quantitative estimate of drug-likeness (QED) is 0.326. The fourth-order valence-corrected chi connectivity index (χ4v) is 6.55. The molecule has 3 aliphatic carbocycles. The van der Waals surface area contributed by atoms with Gasteiger partial charge in [0.2, 0.25) is 5.91 Å². The number of phenols is 1. The van der Waals surface area contributed by atoms with E-state index in [0.717, 1.165) is 6.42 Å². The number of likely N-dealkylation sites (N-methyl/N-ethyl adjacent to an activating group) is 1. The molecule has 194 valence electrons. The second kappa shape index (κ2) is 9.17. The van der Waals surface area contributed by atoms with Gasteiger partial charge in [-0.15, -0.1) is 0 Å². The highest BCUT2D eigenvalue weighted by Crippen LogP contribution is 2.54. The SMILES string of the molecule is CCCCN=C1C2C(=O)c3c(O)cccc3[C@H](C)C2[C@H](O)C2[C@H](N(C)C)C(=O)C(C(N)=O)C(=O)[C@@]12O. The lowest BCUT2D eigenvalue weighted by atomic mass is 9.49. The molecule has 10 nitrogen and oxygen atoms in total. The van der Waals surface area contributed by atoms with Crippen LogP contribution in [0.1, 0.15) is 48.5 Å². The van der Waals surface area contributed by atoms with Gasteiger partial charge in [-0.2, -0.15) is 0 Å². The number of benzene rings is 1. The number of rotatable bonds is 5. The fourth-order valence-electron chi connectivity index (χ4n) is 6.55. The van der Waals surface area contributed by atoms with Crippen LogP contribution in [0.3, 0.4) is 0 Å². The number of carbonyl (C=O) groups is 4. The predicted molar refractivity (Wildman–Crippen MR) is 130 cm³/mol. The van der Waals surface area contributed by atoms with E-state index in [1.54, 1.807) is 33.2 Å². The molecule has 10 heteroatoms. The van der Waals surface area contributed by atoms with E-state index in [1.165, 1.54) is 11.0 Å². The van der Waals surface area contributed by atoms with E-state index >= 15 is 0 Å². The van der Waals surface area contributed by atoms with Crippen molar-refractivity contribution in [2.45, 2.75) is 50.4 Å². The van der Waals surface area contributed by atoms with E-state index in [4.69, 9.17) is 5.73 Å². The Labute approximate surface area is 209 Å². The zero-order valence-electron chi connectivity index (χ0n) is 20.8. The molecule has 0 saturated heterocycles. The average molecular weight is 500 g/mol. The summed E-state index contributed by atoms with van der Waals surface area (Å²) in [5, 5.41) is 34.5. The predicted octanol–water partition coefficient (Wildman–Crippen LogP) is 0.0708. The maximum Gasteiger partial charge on any atom is 0.235 e. The molecule has 4 rings (SSSR count). The Hall–Kier alpha value is -2.95. The van der Waals surface area contributed by atoms with Gasteiger partial charge in [0.1, 0.15) is 5.75 Å². The van der Waals surface area contributed by atoms with E-state index in [0.29, 0.717) is 12.0 Å². The van der Waals surface area contributed by atoms with Crippen LogP contribution < -0.4 is 5.73 Å². The summed E-state index contributed by atoms with van der Waals surface area (Å²) in [6, 6.07) is 3.45. The maximum absolute atomic E-state index is 13.9. The molecule has 2 fully saturated rings. The summed E-state index contributed by atoms with van der Waals surface area (Å²) in [5.41, 5.74) is 3.29. The van der Waals surface area contributed by atoms with E-state index in [2.05, 4.69) is 4.99 Å². The van der Waals surface area contributed by atoms with Crippen LogP contribution in [-0.2, 0) is 14.4 Å². The van der Waals surface area contributed by atoms with Gasteiger partial charge in [0.05, 0.1) is 29.3 Å². The van der Waals surface area contributed by atoms with Crippen molar-refractivity contribution in [3.63, 3.8) is 0 Å². The summed E-state index contributed by atoms with van der Waals surface area (Å²) >= 11 is 0. The van der Waals surface area contributed by atoms with Crippen LogP contribution in [0.4, 0.5) is 0 Å². The molecular weight excluding hydrogens is 466 g/mol. The average Bonchev–Trinajstić information content (AvgIpc) is 2.80. The number of carbonyl (C=O) groups excluding carboxylic acids is 4. The molecule has 1 aromatic carbocycles. The van der Waals surface area contributed by atoms with Crippen LogP contribution in [0.15, 0.2) is 23.2 Å². The van der Waals surface area contributed by atoms with E-state index in [1.807, 2.05) is 6.92 Å². The Balaban J connectivity index is 2.02. The second-order valence-corrected chi connectivity index (χ2v) is 10.4. The molecule has 0 aliphatic heterocycles. The molecule has 0 spiro atoms. The number of hydrogen-bond acceptors (Lipinski definition) is 9. The first-order chi connectivity index (χ1) is 16.9. The van der Waals surface area contributed by atoms with Crippen molar-refractivity contribution in [2.24, 2.45) is 34.4 Å². The number of nitrogens with two attached hydrogens (primary N) is 1. The number of nitrogens with zero attached hydrogens (tertiary/aromatic N) is 2. The van der Waals surface area contributed by atoms with Gasteiger partial charge >= 0.3 is 0 Å². The molecule has 0 heterocycles. The molecular formula is C26H33N3O7. The number of aromatic hydroxyl groups is 1. The summed E-state index contributed by atoms with van der Waals surface area (Å²) in [6.45, 7) is 3.91. The van der Waals surface area contributed by atoms with Crippen LogP contribution >= 0.6 is 0 Å². The lowest BCUT2D eigenvalue weighted by molar-refractivity contribution is -0.174. The minimum atomic E-state index is -2.58. The third kappa shape index (κ3) is 3.46. The Bertz CT molecular complexity index is 1160. The molecule has 36 heavy (non-hydrogen) atoms. The lowest BCUT2D eigenvalue weighted by Gasteiger charge is -2.57. The van der Waals surface area contributed by atoms with E-state index < -0.39 is 70.6 Å². The van der Waals surface area contributed by atoms with Crippen molar-refractivity contribution in [2.75, 3.05) is 20.6 Å². The lowest BCUT2D eigenvalue weighted by Crippen LogP contribution is -2.77. The minimum Gasteiger partial charge on any atom is -0.507 e. The minimum absolute atomic E-state index is 0.0543. The number of aliphatic hydroxyl groups is 2. The van der Waals surface area contributed by atoms with E-state index in [-0.39, 0.29) is 23.6 Å². The van der Waals surface area contributed by atoms with Crippen molar-refractivity contribution in [3.8, 4) is 5.75 Å². The number of aliphatic hydroxyl groups excluding tert-OH is 1. The number of phenolic OH excluding ortho intramolecular Hbond substituents is 1.